The van der Waals surface area contributed by atoms with Gasteiger partial charge >= 0.3 is 0 Å². The first-order valence-electron chi connectivity index (χ1n) is 8.02. The van der Waals surface area contributed by atoms with Crippen molar-refractivity contribution in [3.8, 4) is 23.3 Å². The van der Waals surface area contributed by atoms with Crippen LogP contribution in [-0.4, -0.2) is 21.3 Å². The number of benzene rings is 2. The minimum absolute atomic E-state index is 0. The third-order valence-corrected chi connectivity index (χ3v) is 4.28. The number of anilines is 1. The summed E-state index contributed by atoms with van der Waals surface area (Å²) < 4.78 is 18.3. The zero-order valence-electron chi connectivity index (χ0n) is 15.3. The predicted octanol–water partition coefficient (Wildman–Crippen LogP) is -0.341. The Hall–Kier alpha value is -3.17. The molecule has 0 spiro atoms. The third kappa shape index (κ3) is 3.69. The molecule has 0 atom stereocenters. The number of nitrogens with two attached hydrogens (primary N) is 1. The molecule has 0 bridgehead atoms. The highest BCUT2D eigenvalue weighted by atomic mass is 35.5. The highest BCUT2D eigenvalue weighted by Crippen LogP contribution is 2.38. The summed E-state index contributed by atoms with van der Waals surface area (Å²) in [7, 11) is 4.76. The molecule has 0 aliphatic heterocycles. The van der Waals surface area contributed by atoms with Crippen LogP contribution in [0.4, 0.5) is 5.69 Å². The molecule has 6 nitrogen and oxygen atoms in total. The van der Waals surface area contributed by atoms with E-state index < -0.39 is 0 Å². The second kappa shape index (κ2) is 8.47. The van der Waals surface area contributed by atoms with E-state index in [1.807, 2.05) is 36.5 Å². The monoisotopic (exact) mass is 385 g/mol. The number of nitriles is 1. The third-order valence-electron chi connectivity index (χ3n) is 4.28. The van der Waals surface area contributed by atoms with Gasteiger partial charge in [-0.2, -0.15) is 9.83 Å². The fourth-order valence-corrected chi connectivity index (χ4v) is 3.05. The SMILES string of the molecule is COc1cc(C[n+]2cccc3c(C#N)c(N)ccc32)cc(OC)c1OC.[Cl-]. The maximum absolute atomic E-state index is 9.41. The summed E-state index contributed by atoms with van der Waals surface area (Å²) >= 11 is 0. The van der Waals surface area contributed by atoms with Crippen molar-refractivity contribution in [2.75, 3.05) is 27.1 Å². The van der Waals surface area contributed by atoms with E-state index in [-0.39, 0.29) is 12.4 Å². The van der Waals surface area contributed by atoms with Gasteiger partial charge in [-0.05, 0) is 24.3 Å². The van der Waals surface area contributed by atoms with Gasteiger partial charge in [0.2, 0.25) is 11.3 Å². The number of pyridine rings is 1. The lowest BCUT2D eigenvalue weighted by Crippen LogP contribution is -3.00. The van der Waals surface area contributed by atoms with Crippen LogP contribution in [0.3, 0.4) is 0 Å². The Labute approximate surface area is 164 Å². The Balaban J connectivity index is 0.00000261. The molecule has 140 valence electrons. The number of methoxy groups -OCH3 is 3. The molecule has 0 amide bonds. The van der Waals surface area contributed by atoms with Crippen LogP contribution in [0, 0.1) is 11.3 Å². The highest BCUT2D eigenvalue weighted by molar-refractivity contribution is 5.87. The lowest BCUT2D eigenvalue weighted by atomic mass is 10.1. The molecule has 0 saturated heterocycles. The Morgan fingerprint density at radius 1 is 1.04 bits per heavy atom. The first-order chi connectivity index (χ1) is 12.6. The Bertz CT molecular complexity index is 990. The Kier molecular flexibility index (Phi) is 6.32. The normalized spacial score (nSPS) is 10.0. The van der Waals surface area contributed by atoms with E-state index in [0.29, 0.717) is 35.0 Å². The maximum Gasteiger partial charge on any atom is 0.214 e. The van der Waals surface area contributed by atoms with Gasteiger partial charge in [-0.25, -0.2) is 0 Å². The van der Waals surface area contributed by atoms with Crippen LogP contribution in [-0.2, 0) is 6.54 Å². The first kappa shape index (κ1) is 20.1. The van der Waals surface area contributed by atoms with Crippen LogP contribution in [0.2, 0.25) is 0 Å². The number of halogens is 1. The quantitative estimate of drug-likeness (QED) is 0.480. The van der Waals surface area contributed by atoms with Gasteiger partial charge < -0.3 is 32.4 Å². The minimum atomic E-state index is 0. The fourth-order valence-electron chi connectivity index (χ4n) is 3.05. The van der Waals surface area contributed by atoms with E-state index >= 15 is 0 Å². The predicted molar refractivity (Wildman–Crippen MR) is 98.5 cm³/mol. The second-order valence-electron chi connectivity index (χ2n) is 5.74. The molecule has 0 radical (unpaired) electrons. The van der Waals surface area contributed by atoms with Crippen molar-refractivity contribution in [2.45, 2.75) is 6.54 Å². The van der Waals surface area contributed by atoms with Crippen LogP contribution >= 0.6 is 0 Å². The topological polar surface area (TPSA) is 81.4 Å². The lowest BCUT2D eigenvalue weighted by molar-refractivity contribution is -0.662. The molecule has 7 heteroatoms. The van der Waals surface area contributed by atoms with Gasteiger partial charge in [0.1, 0.15) is 6.07 Å². The van der Waals surface area contributed by atoms with Crippen LogP contribution in [0.25, 0.3) is 10.9 Å². The Morgan fingerprint density at radius 2 is 1.70 bits per heavy atom. The molecule has 0 aliphatic rings. The van der Waals surface area contributed by atoms with Crippen LogP contribution in [0.5, 0.6) is 17.2 Å². The summed E-state index contributed by atoms with van der Waals surface area (Å²) in [5, 5.41) is 10.2. The van der Waals surface area contributed by atoms with Crippen molar-refractivity contribution in [2.24, 2.45) is 0 Å². The van der Waals surface area contributed by atoms with Crippen molar-refractivity contribution < 1.29 is 31.2 Å². The van der Waals surface area contributed by atoms with Gasteiger partial charge in [0.25, 0.3) is 0 Å². The van der Waals surface area contributed by atoms with Crippen molar-refractivity contribution in [1.82, 2.24) is 0 Å². The molecule has 1 heterocycles. The maximum atomic E-state index is 9.41. The molecular weight excluding hydrogens is 366 g/mol. The molecule has 3 aromatic rings. The van der Waals surface area contributed by atoms with Crippen LogP contribution in [0.1, 0.15) is 11.1 Å². The smallest absolute Gasteiger partial charge is 0.214 e. The van der Waals surface area contributed by atoms with Crippen molar-refractivity contribution in [3.05, 3.63) is 53.7 Å². The number of aromatic nitrogens is 1. The number of nitrogens with zero attached hydrogens (tertiary/aromatic N) is 2. The van der Waals surface area contributed by atoms with E-state index in [4.69, 9.17) is 19.9 Å². The number of rotatable bonds is 5. The molecule has 3 rings (SSSR count). The van der Waals surface area contributed by atoms with Gasteiger partial charge in [-0.15, -0.1) is 0 Å². The second-order valence-corrected chi connectivity index (χ2v) is 5.74. The van der Waals surface area contributed by atoms with Crippen LogP contribution < -0.4 is 36.9 Å². The van der Waals surface area contributed by atoms with Gasteiger partial charge in [0.05, 0.1) is 38.0 Å². The fraction of sp³-hybridized carbons (Fsp3) is 0.200. The van der Waals surface area contributed by atoms with Crippen LogP contribution in [0.15, 0.2) is 42.6 Å². The molecular formula is C20H20ClN3O3. The molecule has 2 aromatic carbocycles. The Morgan fingerprint density at radius 3 is 2.26 bits per heavy atom. The van der Waals surface area contributed by atoms with Crippen molar-refractivity contribution in [1.29, 1.82) is 5.26 Å². The lowest BCUT2D eigenvalue weighted by Gasteiger charge is -2.13. The number of fused-ring (bicyclic) bond motifs is 1. The molecule has 1 aromatic heterocycles. The van der Waals surface area contributed by atoms with Gasteiger partial charge in [-0.3, -0.25) is 0 Å². The number of hydrogen-bond acceptors (Lipinski definition) is 5. The number of hydrogen-bond donors (Lipinski definition) is 1. The average Bonchev–Trinajstić information content (AvgIpc) is 2.67. The largest absolute Gasteiger partial charge is 1.00 e. The molecule has 2 N–H and O–H groups in total. The zero-order chi connectivity index (χ0) is 18.7. The van der Waals surface area contributed by atoms with Crippen molar-refractivity contribution >= 4 is 16.6 Å². The summed E-state index contributed by atoms with van der Waals surface area (Å²) in [5.74, 6) is 1.76. The molecule has 0 saturated carbocycles. The summed E-state index contributed by atoms with van der Waals surface area (Å²) in [4.78, 5) is 0. The molecule has 0 unspecified atom stereocenters. The molecule has 0 fully saturated rings. The summed E-state index contributed by atoms with van der Waals surface area (Å²) in [6.07, 6.45) is 1.96. The number of nitrogen functional groups attached to an aromatic ring is 1. The average molecular weight is 386 g/mol. The van der Waals surface area contributed by atoms with E-state index in [2.05, 4.69) is 10.6 Å². The van der Waals surface area contributed by atoms with Gasteiger partial charge in [0.15, 0.2) is 24.2 Å². The number of ether oxygens (including phenoxy) is 3. The van der Waals surface area contributed by atoms with E-state index in [1.54, 1.807) is 27.4 Å². The summed E-state index contributed by atoms with van der Waals surface area (Å²) in [5.41, 5.74) is 8.80. The standard InChI is InChI=1S/C20H20N3O3.ClH/c1-24-18-9-13(10-19(25-2)20(18)26-3)12-23-8-4-5-14-15(11-21)16(22)6-7-17(14)23;/h4-10H,12,22H2,1-3H3;1H/q+1;/p-1. The minimum Gasteiger partial charge on any atom is -1.00 e. The van der Waals surface area contributed by atoms with Gasteiger partial charge in [0, 0.05) is 17.7 Å². The summed E-state index contributed by atoms with van der Waals surface area (Å²) in [6, 6.07) is 13.5. The van der Waals surface area contributed by atoms with Crippen molar-refractivity contribution in [3.63, 3.8) is 0 Å². The van der Waals surface area contributed by atoms with E-state index in [1.165, 1.54) is 0 Å². The summed E-state index contributed by atoms with van der Waals surface area (Å²) in [6.45, 7) is 0.572. The first-order valence-corrected chi connectivity index (χ1v) is 8.02. The highest BCUT2D eigenvalue weighted by Gasteiger charge is 2.18. The zero-order valence-corrected chi connectivity index (χ0v) is 16.1. The van der Waals surface area contributed by atoms with Gasteiger partial charge in [-0.1, -0.05) is 0 Å². The molecule has 0 aliphatic carbocycles. The molecule has 27 heavy (non-hydrogen) atoms. The van der Waals surface area contributed by atoms with E-state index in [9.17, 15) is 5.26 Å². The van der Waals surface area contributed by atoms with E-state index in [0.717, 1.165) is 16.5 Å².